The minimum absolute atomic E-state index is 0.0150. The molecule has 24 heavy (non-hydrogen) atoms. The fourth-order valence-electron chi connectivity index (χ4n) is 2.59. The zero-order valence-electron chi connectivity index (χ0n) is 14.1. The molecule has 0 amide bonds. The minimum atomic E-state index is 0.0150. The number of benzene rings is 3. The van der Waals surface area contributed by atoms with E-state index in [1.807, 2.05) is 60.7 Å². The van der Waals surface area contributed by atoms with Crippen molar-refractivity contribution in [3.05, 3.63) is 96.1 Å². The molecular formula is C22H22O2. The predicted octanol–water partition coefficient (Wildman–Crippen LogP) is 5.97. The molecule has 0 aliphatic carbocycles. The molecule has 0 aliphatic rings. The van der Waals surface area contributed by atoms with E-state index in [2.05, 4.69) is 38.1 Å². The first-order valence-corrected chi connectivity index (χ1v) is 8.25. The van der Waals surface area contributed by atoms with Crippen LogP contribution in [-0.2, 0) is 0 Å². The summed E-state index contributed by atoms with van der Waals surface area (Å²) in [5, 5.41) is 0. The van der Waals surface area contributed by atoms with Crippen LogP contribution >= 0.6 is 0 Å². The highest BCUT2D eigenvalue weighted by molar-refractivity contribution is 5.33. The molecule has 0 spiro atoms. The van der Waals surface area contributed by atoms with Crippen LogP contribution in [0.4, 0.5) is 0 Å². The van der Waals surface area contributed by atoms with E-state index in [1.165, 1.54) is 0 Å². The summed E-state index contributed by atoms with van der Waals surface area (Å²) >= 11 is 0. The van der Waals surface area contributed by atoms with Gasteiger partial charge in [0.25, 0.3) is 0 Å². The van der Waals surface area contributed by atoms with Crippen LogP contribution in [0.25, 0.3) is 0 Å². The summed E-state index contributed by atoms with van der Waals surface area (Å²) in [6.45, 7) is 4.11. The van der Waals surface area contributed by atoms with Crippen molar-refractivity contribution < 1.29 is 9.47 Å². The Morgan fingerprint density at radius 2 is 0.833 bits per heavy atom. The standard InChI is InChI=1S/C22H22O2/c1-17(19-9-5-3-6-10-19)23-21-13-15-22(16-14-21)24-18(2)20-11-7-4-8-12-20/h3-18H,1-2H3. The monoisotopic (exact) mass is 318 g/mol. The molecule has 0 aliphatic heterocycles. The predicted molar refractivity (Wildman–Crippen MR) is 97.4 cm³/mol. The molecule has 2 atom stereocenters. The number of hydrogen-bond acceptors (Lipinski definition) is 2. The van der Waals surface area contributed by atoms with Gasteiger partial charge in [0.15, 0.2) is 0 Å². The van der Waals surface area contributed by atoms with E-state index in [1.54, 1.807) is 0 Å². The largest absolute Gasteiger partial charge is 0.486 e. The minimum Gasteiger partial charge on any atom is -0.486 e. The molecule has 0 saturated heterocycles. The van der Waals surface area contributed by atoms with Crippen LogP contribution in [0.2, 0.25) is 0 Å². The first kappa shape index (κ1) is 16.1. The zero-order chi connectivity index (χ0) is 16.8. The first-order chi connectivity index (χ1) is 11.7. The maximum atomic E-state index is 5.99. The molecule has 0 radical (unpaired) electrons. The first-order valence-electron chi connectivity index (χ1n) is 8.25. The van der Waals surface area contributed by atoms with Crippen LogP contribution in [0.15, 0.2) is 84.9 Å². The van der Waals surface area contributed by atoms with E-state index in [0.29, 0.717) is 0 Å². The van der Waals surface area contributed by atoms with E-state index in [4.69, 9.17) is 9.47 Å². The lowest BCUT2D eigenvalue weighted by Crippen LogP contribution is -2.04. The Hall–Kier alpha value is -2.74. The van der Waals surface area contributed by atoms with E-state index in [9.17, 15) is 0 Å². The van der Waals surface area contributed by atoms with Crippen molar-refractivity contribution in [2.75, 3.05) is 0 Å². The fourth-order valence-corrected chi connectivity index (χ4v) is 2.59. The summed E-state index contributed by atoms with van der Waals surface area (Å²) < 4.78 is 12.0. The Kier molecular flexibility index (Phi) is 5.17. The lowest BCUT2D eigenvalue weighted by Gasteiger charge is -2.17. The molecule has 0 N–H and O–H groups in total. The van der Waals surface area contributed by atoms with E-state index >= 15 is 0 Å². The van der Waals surface area contributed by atoms with Crippen molar-refractivity contribution >= 4 is 0 Å². The average Bonchev–Trinajstić information content (AvgIpc) is 2.65. The highest BCUT2D eigenvalue weighted by Crippen LogP contribution is 2.26. The third kappa shape index (κ3) is 4.17. The van der Waals surface area contributed by atoms with Crippen molar-refractivity contribution in [3.8, 4) is 11.5 Å². The summed E-state index contributed by atoms with van der Waals surface area (Å²) in [4.78, 5) is 0. The van der Waals surface area contributed by atoms with Gasteiger partial charge in [-0.2, -0.15) is 0 Å². The Labute approximate surface area is 143 Å². The summed E-state index contributed by atoms with van der Waals surface area (Å²) in [5.41, 5.74) is 2.33. The van der Waals surface area contributed by atoms with Gasteiger partial charge in [-0.1, -0.05) is 60.7 Å². The van der Waals surface area contributed by atoms with Crippen LogP contribution in [0.3, 0.4) is 0 Å². The topological polar surface area (TPSA) is 18.5 Å². The van der Waals surface area contributed by atoms with Crippen molar-refractivity contribution in [2.24, 2.45) is 0 Å². The van der Waals surface area contributed by atoms with Crippen LogP contribution < -0.4 is 9.47 Å². The van der Waals surface area contributed by atoms with Crippen LogP contribution in [0.1, 0.15) is 37.2 Å². The van der Waals surface area contributed by atoms with E-state index < -0.39 is 0 Å². The number of ether oxygens (including phenoxy) is 2. The number of hydrogen-bond donors (Lipinski definition) is 0. The molecular weight excluding hydrogens is 296 g/mol. The quantitative estimate of drug-likeness (QED) is 0.557. The van der Waals surface area contributed by atoms with Gasteiger partial charge in [0.1, 0.15) is 23.7 Å². The van der Waals surface area contributed by atoms with E-state index in [0.717, 1.165) is 22.6 Å². The molecule has 3 aromatic rings. The van der Waals surface area contributed by atoms with Crippen molar-refractivity contribution in [1.82, 2.24) is 0 Å². The van der Waals surface area contributed by atoms with Crippen molar-refractivity contribution in [2.45, 2.75) is 26.1 Å². The molecule has 0 bridgehead atoms. The van der Waals surface area contributed by atoms with Crippen LogP contribution in [-0.4, -0.2) is 0 Å². The second kappa shape index (κ2) is 7.69. The third-order valence-electron chi connectivity index (χ3n) is 3.99. The third-order valence-corrected chi connectivity index (χ3v) is 3.99. The average molecular weight is 318 g/mol. The SMILES string of the molecule is CC(Oc1ccc(OC(C)c2ccccc2)cc1)c1ccccc1. The van der Waals surface area contributed by atoms with Gasteiger partial charge in [0.2, 0.25) is 0 Å². The smallest absolute Gasteiger partial charge is 0.121 e. The van der Waals surface area contributed by atoms with Gasteiger partial charge in [0.05, 0.1) is 0 Å². The lowest BCUT2D eigenvalue weighted by atomic mass is 10.1. The summed E-state index contributed by atoms with van der Waals surface area (Å²) in [6.07, 6.45) is 0.0300. The van der Waals surface area contributed by atoms with Gasteiger partial charge in [-0.25, -0.2) is 0 Å². The van der Waals surface area contributed by atoms with Gasteiger partial charge < -0.3 is 9.47 Å². The molecule has 3 aromatic carbocycles. The van der Waals surface area contributed by atoms with Gasteiger partial charge in [-0.15, -0.1) is 0 Å². The molecule has 122 valence electrons. The Bertz CT molecular complexity index is 669. The molecule has 0 aromatic heterocycles. The van der Waals surface area contributed by atoms with Crippen molar-refractivity contribution in [1.29, 1.82) is 0 Å². The fraction of sp³-hybridized carbons (Fsp3) is 0.182. The molecule has 2 nitrogen and oxygen atoms in total. The molecule has 3 rings (SSSR count). The van der Waals surface area contributed by atoms with Crippen LogP contribution in [0, 0.1) is 0 Å². The zero-order valence-corrected chi connectivity index (χ0v) is 14.1. The van der Waals surface area contributed by atoms with Gasteiger partial charge in [0, 0.05) is 0 Å². The van der Waals surface area contributed by atoms with Crippen molar-refractivity contribution in [3.63, 3.8) is 0 Å². The maximum Gasteiger partial charge on any atom is 0.121 e. The van der Waals surface area contributed by atoms with Crippen LogP contribution in [0.5, 0.6) is 11.5 Å². The Balaban J connectivity index is 1.61. The molecule has 0 saturated carbocycles. The highest BCUT2D eigenvalue weighted by atomic mass is 16.5. The molecule has 0 fully saturated rings. The molecule has 0 heterocycles. The maximum absolute atomic E-state index is 5.99. The second-order valence-electron chi connectivity index (χ2n) is 5.81. The Morgan fingerprint density at radius 3 is 1.17 bits per heavy atom. The van der Waals surface area contributed by atoms with Gasteiger partial charge >= 0.3 is 0 Å². The lowest BCUT2D eigenvalue weighted by molar-refractivity contribution is 0.219. The Morgan fingerprint density at radius 1 is 0.500 bits per heavy atom. The van der Waals surface area contributed by atoms with Gasteiger partial charge in [-0.05, 0) is 49.2 Å². The van der Waals surface area contributed by atoms with E-state index in [-0.39, 0.29) is 12.2 Å². The number of rotatable bonds is 6. The summed E-state index contributed by atoms with van der Waals surface area (Å²) in [5.74, 6) is 1.68. The summed E-state index contributed by atoms with van der Waals surface area (Å²) in [7, 11) is 0. The summed E-state index contributed by atoms with van der Waals surface area (Å²) in [6, 6.07) is 28.2. The highest BCUT2D eigenvalue weighted by Gasteiger charge is 2.09. The second-order valence-corrected chi connectivity index (χ2v) is 5.81. The molecule has 2 heteroatoms. The molecule has 2 unspecified atom stereocenters. The normalized spacial score (nSPS) is 13.1. The van der Waals surface area contributed by atoms with Gasteiger partial charge in [-0.3, -0.25) is 0 Å².